The molecule has 0 aliphatic carbocycles. The third-order valence-electron chi connectivity index (χ3n) is 2.96. The molecule has 18 heavy (non-hydrogen) atoms. The van der Waals surface area contributed by atoms with Crippen molar-refractivity contribution in [3.05, 3.63) is 46.8 Å². The molecule has 2 aromatic rings. The Morgan fingerprint density at radius 2 is 1.78 bits per heavy atom. The maximum Gasteiger partial charge on any atom is 0.192 e. The van der Waals surface area contributed by atoms with Gasteiger partial charge in [-0.15, -0.1) is 0 Å². The first-order valence-corrected chi connectivity index (χ1v) is 6.70. The van der Waals surface area contributed by atoms with Crippen LogP contribution in [0.3, 0.4) is 0 Å². The van der Waals surface area contributed by atoms with E-state index in [1.807, 2.05) is 32.9 Å². The summed E-state index contributed by atoms with van der Waals surface area (Å²) in [5.41, 5.74) is 10.0. The average Bonchev–Trinajstić information content (AvgIpc) is 2.36. The lowest BCUT2D eigenvalue weighted by molar-refractivity contribution is 0.880. The van der Waals surface area contributed by atoms with Crippen LogP contribution in [0, 0.1) is 20.8 Å². The van der Waals surface area contributed by atoms with Crippen LogP contribution in [0.15, 0.2) is 34.3 Å². The predicted octanol–water partition coefficient (Wildman–Crippen LogP) is 3.01. The monoisotopic (exact) mass is 259 g/mol. The van der Waals surface area contributed by atoms with Crippen molar-refractivity contribution >= 4 is 11.8 Å². The fourth-order valence-electron chi connectivity index (χ4n) is 1.63. The third-order valence-corrected chi connectivity index (χ3v) is 3.81. The fourth-order valence-corrected chi connectivity index (χ4v) is 2.56. The Morgan fingerprint density at radius 3 is 2.39 bits per heavy atom. The standard InChI is InChI=1S/C14H17N3S/c1-9-10(2)16-14(17-11(9)3)18-13-6-4-5-12(7-13)8-15/h4-7H,8,15H2,1-3H3. The predicted molar refractivity (Wildman–Crippen MR) is 74.7 cm³/mol. The molecule has 94 valence electrons. The molecule has 1 heterocycles. The van der Waals surface area contributed by atoms with E-state index in [0.717, 1.165) is 32.6 Å². The lowest BCUT2D eigenvalue weighted by Crippen LogP contribution is -1.98. The Hall–Kier alpha value is -1.39. The van der Waals surface area contributed by atoms with E-state index in [0.29, 0.717) is 6.54 Å². The minimum absolute atomic E-state index is 0.557. The maximum atomic E-state index is 5.64. The molecule has 0 fully saturated rings. The summed E-state index contributed by atoms with van der Waals surface area (Å²) in [5, 5.41) is 0.796. The molecule has 0 spiro atoms. The van der Waals surface area contributed by atoms with Crippen molar-refractivity contribution in [3.8, 4) is 0 Å². The number of hydrogen-bond acceptors (Lipinski definition) is 4. The minimum atomic E-state index is 0.557. The number of nitrogens with two attached hydrogens (primary N) is 1. The van der Waals surface area contributed by atoms with Gasteiger partial charge in [-0.3, -0.25) is 0 Å². The zero-order valence-electron chi connectivity index (χ0n) is 10.9. The van der Waals surface area contributed by atoms with E-state index in [1.165, 1.54) is 0 Å². The van der Waals surface area contributed by atoms with Crippen LogP contribution in [0.5, 0.6) is 0 Å². The van der Waals surface area contributed by atoms with Crippen LogP contribution >= 0.6 is 11.8 Å². The van der Waals surface area contributed by atoms with Gasteiger partial charge in [0, 0.05) is 22.8 Å². The van der Waals surface area contributed by atoms with Crippen LogP contribution in [-0.4, -0.2) is 9.97 Å². The first kappa shape index (κ1) is 13.1. The van der Waals surface area contributed by atoms with Gasteiger partial charge in [0.15, 0.2) is 5.16 Å². The fraction of sp³-hybridized carbons (Fsp3) is 0.286. The Kier molecular flexibility index (Phi) is 3.99. The Balaban J connectivity index is 2.28. The van der Waals surface area contributed by atoms with E-state index in [1.54, 1.807) is 11.8 Å². The molecule has 1 aromatic heterocycles. The molecule has 3 nitrogen and oxygen atoms in total. The van der Waals surface area contributed by atoms with Crippen molar-refractivity contribution in [2.24, 2.45) is 5.73 Å². The molecule has 0 unspecified atom stereocenters. The second-order valence-corrected chi connectivity index (χ2v) is 5.30. The van der Waals surface area contributed by atoms with Crippen LogP contribution in [0.2, 0.25) is 0 Å². The molecule has 0 saturated carbocycles. The third kappa shape index (κ3) is 2.89. The number of aromatic nitrogens is 2. The Bertz CT molecular complexity index is 544. The van der Waals surface area contributed by atoms with Gasteiger partial charge in [0.2, 0.25) is 0 Å². The summed E-state index contributed by atoms with van der Waals surface area (Å²) in [5.74, 6) is 0. The van der Waals surface area contributed by atoms with Crippen molar-refractivity contribution in [2.45, 2.75) is 37.4 Å². The van der Waals surface area contributed by atoms with E-state index in [-0.39, 0.29) is 0 Å². The molecule has 4 heteroatoms. The molecule has 0 amide bonds. The van der Waals surface area contributed by atoms with Crippen LogP contribution < -0.4 is 5.73 Å². The lowest BCUT2D eigenvalue weighted by atomic mass is 10.2. The van der Waals surface area contributed by atoms with Crippen molar-refractivity contribution in [1.82, 2.24) is 9.97 Å². The summed E-state index contributed by atoms with van der Waals surface area (Å²) < 4.78 is 0. The van der Waals surface area contributed by atoms with Gasteiger partial charge in [-0.25, -0.2) is 9.97 Å². The highest BCUT2D eigenvalue weighted by Crippen LogP contribution is 2.26. The topological polar surface area (TPSA) is 51.8 Å². The van der Waals surface area contributed by atoms with Crippen LogP contribution in [0.4, 0.5) is 0 Å². The maximum absolute atomic E-state index is 5.64. The number of nitrogens with zero attached hydrogens (tertiary/aromatic N) is 2. The number of benzene rings is 1. The highest BCUT2D eigenvalue weighted by Gasteiger charge is 2.06. The first-order valence-electron chi connectivity index (χ1n) is 5.89. The largest absolute Gasteiger partial charge is 0.326 e. The number of rotatable bonds is 3. The number of hydrogen-bond donors (Lipinski definition) is 1. The molecule has 1 aromatic carbocycles. The number of aryl methyl sites for hydroxylation is 2. The highest BCUT2D eigenvalue weighted by atomic mass is 32.2. The molecule has 0 aliphatic heterocycles. The quantitative estimate of drug-likeness (QED) is 0.861. The van der Waals surface area contributed by atoms with Crippen LogP contribution in [0.25, 0.3) is 0 Å². The van der Waals surface area contributed by atoms with Gasteiger partial charge in [0.25, 0.3) is 0 Å². The van der Waals surface area contributed by atoms with Crippen molar-refractivity contribution in [3.63, 3.8) is 0 Å². The molecule has 0 aliphatic rings. The lowest BCUT2D eigenvalue weighted by Gasteiger charge is -2.07. The summed E-state index contributed by atoms with van der Waals surface area (Å²) >= 11 is 1.58. The first-order chi connectivity index (χ1) is 8.60. The smallest absolute Gasteiger partial charge is 0.192 e. The second kappa shape index (κ2) is 5.50. The van der Waals surface area contributed by atoms with E-state index in [4.69, 9.17) is 5.73 Å². The zero-order chi connectivity index (χ0) is 13.1. The van der Waals surface area contributed by atoms with Gasteiger partial charge in [-0.1, -0.05) is 12.1 Å². The molecule has 0 atom stereocenters. The van der Waals surface area contributed by atoms with E-state index >= 15 is 0 Å². The summed E-state index contributed by atoms with van der Waals surface area (Å²) in [6.45, 7) is 6.64. The van der Waals surface area contributed by atoms with Crippen molar-refractivity contribution < 1.29 is 0 Å². The van der Waals surface area contributed by atoms with Crippen LogP contribution in [0.1, 0.15) is 22.5 Å². The summed E-state index contributed by atoms with van der Waals surface area (Å²) in [6.07, 6.45) is 0. The molecule has 0 saturated heterocycles. The Labute approximate surface area is 112 Å². The van der Waals surface area contributed by atoms with Gasteiger partial charge in [0.1, 0.15) is 0 Å². The molecule has 0 radical (unpaired) electrons. The zero-order valence-corrected chi connectivity index (χ0v) is 11.7. The van der Waals surface area contributed by atoms with E-state index in [2.05, 4.69) is 22.1 Å². The summed E-state index contributed by atoms with van der Waals surface area (Å²) in [7, 11) is 0. The molecule has 0 bridgehead atoms. The molecular formula is C14H17N3S. The molecule has 2 rings (SSSR count). The van der Waals surface area contributed by atoms with Gasteiger partial charge in [-0.2, -0.15) is 0 Å². The van der Waals surface area contributed by atoms with Crippen molar-refractivity contribution in [2.75, 3.05) is 0 Å². The van der Waals surface area contributed by atoms with Crippen molar-refractivity contribution in [1.29, 1.82) is 0 Å². The van der Waals surface area contributed by atoms with E-state index in [9.17, 15) is 0 Å². The average molecular weight is 259 g/mol. The van der Waals surface area contributed by atoms with Gasteiger partial charge < -0.3 is 5.73 Å². The highest BCUT2D eigenvalue weighted by molar-refractivity contribution is 7.99. The second-order valence-electron chi connectivity index (χ2n) is 4.26. The van der Waals surface area contributed by atoms with Gasteiger partial charge in [-0.05, 0) is 55.8 Å². The van der Waals surface area contributed by atoms with Gasteiger partial charge in [0.05, 0.1) is 0 Å². The van der Waals surface area contributed by atoms with E-state index < -0.39 is 0 Å². The normalized spacial score (nSPS) is 10.7. The Morgan fingerprint density at radius 1 is 1.11 bits per heavy atom. The van der Waals surface area contributed by atoms with Crippen LogP contribution in [-0.2, 0) is 6.54 Å². The van der Waals surface area contributed by atoms with Gasteiger partial charge >= 0.3 is 0 Å². The minimum Gasteiger partial charge on any atom is -0.326 e. The molecule has 2 N–H and O–H groups in total. The summed E-state index contributed by atoms with van der Waals surface area (Å²) in [6, 6.07) is 8.17. The SMILES string of the molecule is Cc1nc(Sc2cccc(CN)c2)nc(C)c1C. The summed E-state index contributed by atoms with van der Waals surface area (Å²) in [4.78, 5) is 10.1. The molecular weight excluding hydrogens is 242 g/mol.